The molecule has 2 rings (SSSR count). The minimum absolute atomic E-state index is 0.0849. The number of morpholine rings is 1. The van der Waals surface area contributed by atoms with Gasteiger partial charge < -0.3 is 9.64 Å². The van der Waals surface area contributed by atoms with Crippen molar-refractivity contribution in [2.75, 3.05) is 26.3 Å². The Morgan fingerprint density at radius 3 is 2.67 bits per heavy atom. The minimum atomic E-state index is -0.131. The number of carbonyl (C=O) groups is 2. The average molecular weight is 211 g/mol. The van der Waals surface area contributed by atoms with Gasteiger partial charge in [0.15, 0.2) is 0 Å². The summed E-state index contributed by atoms with van der Waals surface area (Å²) in [6.45, 7) is 2.36. The van der Waals surface area contributed by atoms with Crippen molar-refractivity contribution in [1.29, 1.82) is 0 Å². The van der Waals surface area contributed by atoms with Crippen molar-refractivity contribution in [2.24, 2.45) is 5.10 Å². The lowest BCUT2D eigenvalue weighted by Crippen LogP contribution is -2.45. The predicted molar refractivity (Wildman–Crippen MR) is 52.2 cm³/mol. The Morgan fingerprint density at radius 2 is 2.07 bits per heavy atom. The Morgan fingerprint density at radius 1 is 1.33 bits per heavy atom. The first-order chi connectivity index (χ1) is 7.27. The van der Waals surface area contributed by atoms with Gasteiger partial charge in [-0.05, 0) is 0 Å². The third-order valence-corrected chi connectivity index (χ3v) is 2.45. The highest BCUT2D eigenvalue weighted by Crippen LogP contribution is 2.05. The number of hydrogen-bond acceptors (Lipinski definition) is 4. The van der Waals surface area contributed by atoms with E-state index in [1.165, 1.54) is 0 Å². The van der Waals surface area contributed by atoms with Crippen molar-refractivity contribution < 1.29 is 14.3 Å². The summed E-state index contributed by atoms with van der Waals surface area (Å²) in [5.74, 6) is -0.216. The van der Waals surface area contributed by atoms with Crippen molar-refractivity contribution in [3.63, 3.8) is 0 Å². The molecule has 0 aromatic rings. The highest BCUT2D eigenvalue weighted by atomic mass is 16.5. The van der Waals surface area contributed by atoms with Crippen LogP contribution in [0.5, 0.6) is 0 Å². The van der Waals surface area contributed by atoms with Crippen LogP contribution in [0.3, 0.4) is 0 Å². The van der Waals surface area contributed by atoms with E-state index >= 15 is 0 Å². The second kappa shape index (κ2) is 4.39. The molecule has 1 fully saturated rings. The van der Waals surface area contributed by atoms with Crippen molar-refractivity contribution in [3.05, 3.63) is 0 Å². The third kappa shape index (κ3) is 2.33. The molecule has 0 radical (unpaired) electrons. The highest BCUT2D eigenvalue weighted by molar-refractivity contribution is 6.39. The Labute approximate surface area is 87.3 Å². The maximum absolute atomic E-state index is 11.8. The first kappa shape index (κ1) is 10.1. The number of hydrogen-bond donors (Lipinski definition) is 1. The number of amides is 2. The van der Waals surface area contributed by atoms with Crippen LogP contribution in [0.15, 0.2) is 5.10 Å². The first-order valence-corrected chi connectivity index (χ1v) is 5.00. The van der Waals surface area contributed by atoms with Gasteiger partial charge >= 0.3 is 0 Å². The monoisotopic (exact) mass is 211 g/mol. The topological polar surface area (TPSA) is 71.0 Å². The number of hydrazone groups is 1. The van der Waals surface area contributed by atoms with Crippen molar-refractivity contribution >= 4 is 17.5 Å². The average Bonchev–Trinajstić information content (AvgIpc) is 2.30. The van der Waals surface area contributed by atoms with Gasteiger partial charge in [-0.25, -0.2) is 5.43 Å². The Hall–Kier alpha value is -1.43. The molecule has 0 spiro atoms. The quantitative estimate of drug-likeness (QED) is 0.611. The number of carbonyl (C=O) groups excluding carboxylic acids is 2. The zero-order valence-corrected chi connectivity index (χ0v) is 8.36. The SMILES string of the molecule is O=C1CCC(C(=O)N2CCOCC2)=NN1. The first-order valence-electron chi connectivity index (χ1n) is 5.00. The molecule has 2 aliphatic heterocycles. The molecular weight excluding hydrogens is 198 g/mol. The standard InChI is InChI=1S/C9H13N3O3/c13-8-2-1-7(10-11-8)9(14)12-3-5-15-6-4-12/h1-6H2,(H,11,13). The van der Waals surface area contributed by atoms with Gasteiger partial charge in [-0.15, -0.1) is 0 Å². The van der Waals surface area contributed by atoms with Crippen LogP contribution in [0.1, 0.15) is 12.8 Å². The summed E-state index contributed by atoms with van der Waals surface area (Å²) in [6.07, 6.45) is 0.775. The molecule has 0 unspecified atom stereocenters. The van der Waals surface area contributed by atoms with Crippen LogP contribution in [-0.2, 0) is 14.3 Å². The number of nitrogens with zero attached hydrogens (tertiary/aromatic N) is 2. The molecule has 0 saturated carbocycles. The van der Waals surface area contributed by atoms with Gasteiger partial charge in [0.1, 0.15) is 5.71 Å². The van der Waals surface area contributed by atoms with E-state index in [2.05, 4.69) is 10.5 Å². The molecule has 2 amide bonds. The number of nitrogens with one attached hydrogen (secondary N) is 1. The molecule has 0 bridgehead atoms. The van der Waals surface area contributed by atoms with Crippen LogP contribution in [0.2, 0.25) is 0 Å². The summed E-state index contributed by atoms with van der Waals surface area (Å²) in [5, 5.41) is 3.77. The summed E-state index contributed by atoms with van der Waals surface area (Å²) in [6, 6.07) is 0. The molecule has 2 aliphatic rings. The molecule has 6 heteroatoms. The van der Waals surface area contributed by atoms with E-state index in [1.807, 2.05) is 0 Å². The van der Waals surface area contributed by atoms with Crippen LogP contribution in [0.25, 0.3) is 0 Å². The van der Waals surface area contributed by atoms with Gasteiger partial charge in [-0.3, -0.25) is 9.59 Å². The molecule has 0 aromatic carbocycles. The van der Waals surface area contributed by atoms with E-state index < -0.39 is 0 Å². The normalized spacial score (nSPS) is 22.0. The molecule has 1 N–H and O–H groups in total. The molecular formula is C9H13N3O3. The van der Waals surface area contributed by atoms with Gasteiger partial charge in [-0.2, -0.15) is 5.10 Å². The summed E-state index contributed by atoms with van der Waals surface area (Å²) in [5.41, 5.74) is 2.76. The zero-order chi connectivity index (χ0) is 10.7. The van der Waals surface area contributed by atoms with Crippen molar-refractivity contribution in [1.82, 2.24) is 10.3 Å². The summed E-state index contributed by atoms with van der Waals surface area (Å²) < 4.78 is 5.15. The third-order valence-electron chi connectivity index (χ3n) is 2.45. The molecule has 6 nitrogen and oxygen atoms in total. The lowest BCUT2D eigenvalue weighted by atomic mass is 10.1. The zero-order valence-electron chi connectivity index (χ0n) is 8.36. The second-order valence-electron chi connectivity index (χ2n) is 3.50. The molecule has 15 heavy (non-hydrogen) atoms. The Bertz CT molecular complexity index is 308. The van der Waals surface area contributed by atoms with Crippen LogP contribution < -0.4 is 5.43 Å². The minimum Gasteiger partial charge on any atom is -0.378 e. The van der Waals surface area contributed by atoms with E-state index in [1.54, 1.807) is 4.90 Å². The van der Waals surface area contributed by atoms with Crippen LogP contribution in [0.4, 0.5) is 0 Å². The molecule has 1 saturated heterocycles. The van der Waals surface area contributed by atoms with Gasteiger partial charge in [-0.1, -0.05) is 0 Å². The lowest BCUT2D eigenvalue weighted by Gasteiger charge is -2.27. The molecule has 0 atom stereocenters. The van der Waals surface area contributed by atoms with Crippen molar-refractivity contribution in [3.8, 4) is 0 Å². The van der Waals surface area contributed by atoms with Crippen LogP contribution in [-0.4, -0.2) is 48.7 Å². The number of ether oxygens (including phenoxy) is 1. The Balaban J connectivity index is 1.97. The van der Waals surface area contributed by atoms with E-state index in [9.17, 15) is 9.59 Å². The van der Waals surface area contributed by atoms with Crippen molar-refractivity contribution in [2.45, 2.75) is 12.8 Å². The van der Waals surface area contributed by atoms with Gasteiger partial charge in [0.2, 0.25) is 5.91 Å². The highest BCUT2D eigenvalue weighted by Gasteiger charge is 2.24. The van der Waals surface area contributed by atoms with Gasteiger partial charge in [0, 0.05) is 25.9 Å². The largest absolute Gasteiger partial charge is 0.378 e. The molecule has 2 heterocycles. The summed E-state index contributed by atoms with van der Waals surface area (Å²) >= 11 is 0. The fraction of sp³-hybridized carbons (Fsp3) is 0.667. The fourth-order valence-electron chi connectivity index (χ4n) is 1.58. The smallest absolute Gasteiger partial charge is 0.270 e. The fourth-order valence-corrected chi connectivity index (χ4v) is 1.58. The van der Waals surface area contributed by atoms with E-state index in [0.717, 1.165) is 0 Å². The van der Waals surface area contributed by atoms with Gasteiger partial charge in [0.25, 0.3) is 5.91 Å². The van der Waals surface area contributed by atoms with Crippen LogP contribution in [0, 0.1) is 0 Å². The molecule has 0 aliphatic carbocycles. The summed E-state index contributed by atoms with van der Waals surface area (Å²) in [4.78, 5) is 24.4. The molecule has 82 valence electrons. The van der Waals surface area contributed by atoms with E-state index in [-0.39, 0.29) is 11.8 Å². The molecule has 0 aromatic heterocycles. The number of rotatable bonds is 1. The van der Waals surface area contributed by atoms with Gasteiger partial charge in [0.05, 0.1) is 13.2 Å². The maximum atomic E-state index is 11.8. The predicted octanol–water partition coefficient (Wildman–Crippen LogP) is -0.889. The van der Waals surface area contributed by atoms with E-state index in [4.69, 9.17) is 4.74 Å². The van der Waals surface area contributed by atoms with Crippen LogP contribution >= 0.6 is 0 Å². The Kier molecular flexibility index (Phi) is 2.96. The van der Waals surface area contributed by atoms with E-state index in [0.29, 0.717) is 44.9 Å². The maximum Gasteiger partial charge on any atom is 0.270 e. The second-order valence-corrected chi connectivity index (χ2v) is 3.50. The lowest BCUT2D eigenvalue weighted by molar-refractivity contribution is -0.128. The summed E-state index contributed by atoms with van der Waals surface area (Å²) in [7, 11) is 0.